The average Bonchev–Trinajstić information content (AvgIpc) is 2.66. The largest absolute Gasteiger partial charge is 0.496 e. The second kappa shape index (κ2) is 5.88. The van der Waals surface area contributed by atoms with Crippen LogP contribution in [0.25, 0.3) is 10.8 Å². The second-order valence-electron chi connectivity index (χ2n) is 5.87. The van der Waals surface area contributed by atoms with Crippen molar-refractivity contribution < 1.29 is 9.47 Å². The van der Waals surface area contributed by atoms with Gasteiger partial charge < -0.3 is 15.2 Å². The number of hydrogen-bond donors (Lipinski definition) is 1. The fraction of sp³-hybridized carbons (Fsp3) is 0.0952. The van der Waals surface area contributed by atoms with Crippen LogP contribution in [0.15, 0.2) is 72.1 Å². The monoisotopic (exact) mass is 328 g/mol. The van der Waals surface area contributed by atoms with E-state index in [4.69, 9.17) is 15.2 Å². The summed E-state index contributed by atoms with van der Waals surface area (Å²) in [5.41, 5.74) is 8.29. The Balaban J connectivity index is 2.09. The molecule has 0 saturated carbocycles. The Hall–Kier alpha value is -3.45. The summed E-state index contributed by atoms with van der Waals surface area (Å²) in [6.45, 7) is 0. The first-order chi connectivity index (χ1) is 12.2. The van der Waals surface area contributed by atoms with Crippen LogP contribution >= 0.6 is 0 Å². The molecule has 3 aromatic carbocycles. The summed E-state index contributed by atoms with van der Waals surface area (Å²) in [5.74, 6) is 1.19. The molecule has 0 fully saturated rings. The highest BCUT2D eigenvalue weighted by Crippen LogP contribution is 2.47. The van der Waals surface area contributed by atoms with E-state index in [-0.39, 0.29) is 11.8 Å². The van der Waals surface area contributed by atoms with E-state index in [1.54, 1.807) is 7.11 Å². The van der Waals surface area contributed by atoms with E-state index in [2.05, 4.69) is 6.07 Å². The van der Waals surface area contributed by atoms with Crippen molar-refractivity contribution in [3.05, 3.63) is 83.2 Å². The van der Waals surface area contributed by atoms with Crippen LogP contribution in [0, 0.1) is 11.3 Å². The molecule has 0 aromatic heterocycles. The molecule has 0 saturated heterocycles. The van der Waals surface area contributed by atoms with E-state index in [0.29, 0.717) is 17.1 Å². The molecule has 4 nitrogen and oxygen atoms in total. The van der Waals surface area contributed by atoms with E-state index in [0.717, 1.165) is 21.9 Å². The molecule has 122 valence electrons. The lowest BCUT2D eigenvalue weighted by atomic mass is 9.81. The third-order valence-electron chi connectivity index (χ3n) is 4.56. The zero-order valence-corrected chi connectivity index (χ0v) is 13.7. The molecule has 0 amide bonds. The minimum atomic E-state index is -0.337. The predicted octanol–water partition coefficient (Wildman–Crippen LogP) is 4.07. The zero-order valence-electron chi connectivity index (χ0n) is 13.7. The molecule has 1 heterocycles. The first kappa shape index (κ1) is 15.1. The van der Waals surface area contributed by atoms with E-state index in [9.17, 15) is 5.26 Å². The summed E-state index contributed by atoms with van der Waals surface area (Å²) >= 11 is 0. The van der Waals surface area contributed by atoms with Gasteiger partial charge in [-0.05, 0) is 22.9 Å². The van der Waals surface area contributed by atoms with Crippen molar-refractivity contribution in [3.8, 4) is 17.6 Å². The van der Waals surface area contributed by atoms with Gasteiger partial charge in [0.15, 0.2) is 0 Å². The van der Waals surface area contributed by atoms with Gasteiger partial charge in [0.1, 0.15) is 23.1 Å². The van der Waals surface area contributed by atoms with Gasteiger partial charge in [0, 0.05) is 11.1 Å². The number of fused-ring (bicyclic) bond motifs is 3. The van der Waals surface area contributed by atoms with Gasteiger partial charge in [-0.2, -0.15) is 5.26 Å². The quantitative estimate of drug-likeness (QED) is 0.770. The lowest BCUT2D eigenvalue weighted by Gasteiger charge is -2.28. The lowest BCUT2D eigenvalue weighted by molar-refractivity contribution is 0.388. The summed E-state index contributed by atoms with van der Waals surface area (Å²) < 4.78 is 11.3. The van der Waals surface area contributed by atoms with Crippen molar-refractivity contribution in [2.45, 2.75) is 5.92 Å². The van der Waals surface area contributed by atoms with Crippen molar-refractivity contribution in [2.75, 3.05) is 7.11 Å². The Bertz CT molecular complexity index is 1050. The minimum Gasteiger partial charge on any atom is -0.496 e. The Kier molecular flexibility index (Phi) is 3.55. The second-order valence-corrected chi connectivity index (χ2v) is 5.87. The van der Waals surface area contributed by atoms with Crippen LogP contribution in [0.1, 0.15) is 17.0 Å². The van der Waals surface area contributed by atoms with Crippen LogP contribution in [0.2, 0.25) is 0 Å². The van der Waals surface area contributed by atoms with Crippen LogP contribution in [0.3, 0.4) is 0 Å². The van der Waals surface area contributed by atoms with Crippen LogP contribution < -0.4 is 15.2 Å². The van der Waals surface area contributed by atoms with Gasteiger partial charge in [-0.3, -0.25) is 0 Å². The van der Waals surface area contributed by atoms with Crippen LogP contribution in [0.5, 0.6) is 11.5 Å². The van der Waals surface area contributed by atoms with E-state index < -0.39 is 0 Å². The van der Waals surface area contributed by atoms with Crippen molar-refractivity contribution in [1.29, 1.82) is 5.26 Å². The van der Waals surface area contributed by atoms with Gasteiger partial charge in [-0.15, -0.1) is 0 Å². The number of methoxy groups -OCH3 is 1. The normalized spacial score (nSPS) is 16.1. The van der Waals surface area contributed by atoms with Crippen LogP contribution in [-0.2, 0) is 0 Å². The molecular formula is C21H16N2O2. The van der Waals surface area contributed by atoms with Crippen molar-refractivity contribution in [2.24, 2.45) is 5.73 Å². The molecule has 0 aliphatic carbocycles. The standard InChI is InChI=1S/C21H16N2O2/c1-24-17-9-5-4-8-15(17)19-16(12-22)21(23)25-18-11-10-13-6-2-3-7-14(13)20(18)19/h2-11,19H,23H2,1H3/t19-/m0/s1. The highest BCUT2D eigenvalue weighted by molar-refractivity contribution is 5.90. The molecule has 3 aromatic rings. The van der Waals surface area contributed by atoms with Gasteiger partial charge in [0.25, 0.3) is 0 Å². The topological polar surface area (TPSA) is 68.3 Å². The SMILES string of the molecule is COc1ccccc1[C@H]1C(C#N)=C(N)Oc2ccc3ccccc3c21. The fourth-order valence-corrected chi connectivity index (χ4v) is 3.46. The molecule has 1 aliphatic rings. The Morgan fingerprint density at radius 1 is 1.04 bits per heavy atom. The highest BCUT2D eigenvalue weighted by atomic mass is 16.5. The summed E-state index contributed by atoms with van der Waals surface area (Å²) in [4.78, 5) is 0. The molecule has 4 heteroatoms. The molecule has 0 bridgehead atoms. The maximum atomic E-state index is 9.75. The van der Waals surface area contributed by atoms with Crippen molar-refractivity contribution in [3.63, 3.8) is 0 Å². The number of rotatable bonds is 2. The summed E-state index contributed by atoms with van der Waals surface area (Å²) in [6.07, 6.45) is 0. The summed E-state index contributed by atoms with van der Waals surface area (Å²) in [6, 6.07) is 21.9. The number of nitriles is 1. The zero-order chi connectivity index (χ0) is 17.4. The Labute approximate surface area is 145 Å². The van der Waals surface area contributed by atoms with Crippen molar-refractivity contribution >= 4 is 10.8 Å². The smallest absolute Gasteiger partial charge is 0.205 e. The van der Waals surface area contributed by atoms with Crippen LogP contribution in [-0.4, -0.2) is 7.11 Å². The van der Waals surface area contributed by atoms with Gasteiger partial charge in [-0.1, -0.05) is 48.5 Å². The first-order valence-corrected chi connectivity index (χ1v) is 7.96. The number of ether oxygens (including phenoxy) is 2. The number of nitrogens with two attached hydrogens (primary N) is 1. The molecule has 2 N–H and O–H groups in total. The maximum absolute atomic E-state index is 9.75. The number of nitrogens with zero attached hydrogens (tertiary/aromatic N) is 1. The third kappa shape index (κ3) is 2.29. The lowest BCUT2D eigenvalue weighted by Crippen LogP contribution is -2.21. The number of benzene rings is 3. The molecule has 0 spiro atoms. The first-order valence-electron chi connectivity index (χ1n) is 7.96. The number of allylic oxidation sites excluding steroid dienone is 1. The Morgan fingerprint density at radius 3 is 2.60 bits per heavy atom. The maximum Gasteiger partial charge on any atom is 0.205 e. The molecule has 4 rings (SSSR count). The molecule has 25 heavy (non-hydrogen) atoms. The molecule has 0 radical (unpaired) electrons. The average molecular weight is 328 g/mol. The molecule has 1 atom stereocenters. The molecule has 0 unspecified atom stereocenters. The summed E-state index contributed by atoms with van der Waals surface area (Å²) in [7, 11) is 1.63. The van der Waals surface area contributed by atoms with Gasteiger partial charge in [0.2, 0.25) is 5.88 Å². The van der Waals surface area contributed by atoms with Gasteiger partial charge in [0.05, 0.1) is 13.0 Å². The predicted molar refractivity (Wildman–Crippen MR) is 96.2 cm³/mol. The van der Waals surface area contributed by atoms with Gasteiger partial charge in [-0.25, -0.2) is 0 Å². The van der Waals surface area contributed by atoms with Crippen molar-refractivity contribution in [1.82, 2.24) is 0 Å². The number of hydrogen-bond acceptors (Lipinski definition) is 4. The minimum absolute atomic E-state index is 0.140. The third-order valence-corrected chi connectivity index (χ3v) is 4.56. The van der Waals surface area contributed by atoms with E-state index >= 15 is 0 Å². The van der Waals surface area contributed by atoms with E-state index in [1.165, 1.54) is 0 Å². The number of para-hydroxylation sites is 1. The fourth-order valence-electron chi connectivity index (χ4n) is 3.46. The highest BCUT2D eigenvalue weighted by Gasteiger charge is 2.33. The Morgan fingerprint density at radius 2 is 1.80 bits per heavy atom. The molecular weight excluding hydrogens is 312 g/mol. The van der Waals surface area contributed by atoms with Crippen LogP contribution in [0.4, 0.5) is 0 Å². The van der Waals surface area contributed by atoms with E-state index in [1.807, 2.05) is 60.7 Å². The summed E-state index contributed by atoms with van der Waals surface area (Å²) in [5, 5.41) is 11.9. The van der Waals surface area contributed by atoms with Gasteiger partial charge >= 0.3 is 0 Å². The molecule has 1 aliphatic heterocycles.